The summed E-state index contributed by atoms with van der Waals surface area (Å²) in [5.74, 6) is -2.52. The zero-order valence-electron chi connectivity index (χ0n) is 8.08. The largest absolute Gasteiger partial charge is 0.480 e. The second-order valence-electron chi connectivity index (χ2n) is 3.01. The summed E-state index contributed by atoms with van der Waals surface area (Å²) in [7, 11) is 0. The van der Waals surface area contributed by atoms with E-state index in [-0.39, 0.29) is 5.56 Å². The van der Waals surface area contributed by atoms with Gasteiger partial charge < -0.3 is 10.4 Å². The van der Waals surface area contributed by atoms with Crippen LogP contribution in [0.4, 0.5) is 4.39 Å². The number of hydrogen-bond acceptors (Lipinski definition) is 2. The van der Waals surface area contributed by atoms with Crippen molar-refractivity contribution >= 4 is 11.9 Å². The number of carboxylic acid groups (broad SMARTS) is 1. The summed E-state index contributed by atoms with van der Waals surface area (Å²) >= 11 is 0. The van der Waals surface area contributed by atoms with Crippen LogP contribution < -0.4 is 5.32 Å². The van der Waals surface area contributed by atoms with E-state index in [2.05, 4.69) is 5.32 Å². The van der Waals surface area contributed by atoms with E-state index in [0.29, 0.717) is 5.56 Å². The molecule has 0 radical (unpaired) electrons. The molecule has 1 aromatic rings. The Morgan fingerprint density at radius 2 is 2.13 bits per heavy atom. The summed E-state index contributed by atoms with van der Waals surface area (Å²) in [5, 5.41) is 10.4. The highest BCUT2D eigenvalue weighted by atomic mass is 19.1. The molecule has 0 bridgehead atoms. The number of amides is 1. The molecular formula is C10H10FNO3. The third kappa shape index (κ3) is 2.77. The van der Waals surface area contributed by atoms with E-state index < -0.39 is 24.2 Å². The number of carbonyl (C=O) groups excluding carboxylic acids is 1. The maximum atomic E-state index is 13.4. The van der Waals surface area contributed by atoms with Crippen molar-refractivity contribution in [2.45, 2.75) is 6.92 Å². The van der Waals surface area contributed by atoms with Gasteiger partial charge in [-0.15, -0.1) is 0 Å². The van der Waals surface area contributed by atoms with E-state index >= 15 is 0 Å². The van der Waals surface area contributed by atoms with Crippen molar-refractivity contribution in [2.24, 2.45) is 0 Å². The molecule has 4 nitrogen and oxygen atoms in total. The maximum Gasteiger partial charge on any atom is 0.322 e. The summed E-state index contributed by atoms with van der Waals surface area (Å²) < 4.78 is 13.4. The van der Waals surface area contributed by atoms with Crippen molar-refractivity contribution < 1.29 is 19.1 Å². The zero-order valence-corrected chi connectivity index (χ0v) is 8.08. The first-order chi connectivity index (χ1) is 7.02. The van der Waals surface area contributed by atoms with Gasteiger partial charge in [-0.3, -0.25) is 9.59 Å². The number of rotatable bonds is 3. The maximum absolute atomic E-state index is 13.4. The minimum atomic E-state index is -1.17. The Hall–Kier alpha value is -1.91. The fourth-order valence-corrected chi connectivity index (χ4v) is 1.07. The Bertz CT molecular complexity index is 404. The van der Waals surface area contributed by atoms with Crippen LogP contribution in [-0.2, 0) is 4.79 Å². The molecule has 0 aromatic heterocycles. The van der Waals surface area contributed by atoms with Crippen LogP contribution in [0.5, 0.6) is 0 Å². The summed E-state index contributed by atoms with van der Waals surface area (Å²) in [4.78, 5) is 21.5. The number of aliphatic carboxylic acids is 1. The number of benzene rings is 1. The lowest BCUT2D eigenvalue weighted by Crippen LogP contribution is -2.30. The van der Waals surface area contributed by atoms with Gasteiger partial charge in [-0.05, 0) is 18.6 Å². The number of carbonyl (C=O) groups is 2. The average molecular weight is 211 g/mol. The van der Waals surface area contributed by atoms with Gasteiger partial charge in [0.05, 0.1) is 5.56 Å². The van der Waals surface area contributed by atoms with Gasteiger partial charge in [-0.2, -0.15) is 0 Å². The summed E-state index contributed by atoms with van der Waals surface area (Å²) in [5.41, 5.74) is 0.203. The van der Waals surface area contributed by atoms with Crippen LogP contribution in [0.15, 0.2) is 18.2 Å². The second kappa shape index (κ2) is 4.54. The van der Waals surface area contributed by atoms with Crippen molar-refractivity contribution in [3.63, 3.8) is 0 Å². The van der Waals surface area contributed by atoms with Crippen LogP contribution in [0.3, 0.4) is 0 Å². The molecule has 0 saturated heterocycles. The topological polar surface area (TPSA) is 66.4 Å². The van der Waals surface area contributed by atoms with Crippen molar-refractivity contribution in [3.05, 3.63) is 35.1 Å². The first-order valence-corrected chi connectivity index (χ1v) is 4.27. The molecule has 0 heterocycles. The molecule has 1 amide bonds. The van der Waals surface area contributed by atoms with Gasteiger partial charge in [0.25, 0.3) is 5.91 Å². The summed E-state index contributed by atoms with van der Waals surface area (Å²) in [6, 6.07) is 4.37. The molecule has 0 unspecified atom stereocenters. The molecule has 0 spiro atoms. The third-order valence-electron chi connectivity index (χ3n) is 1.84. The van der Waals surface area contributed by atoms with Gasteiger partial charge in [-0.1, -0.05) is 12.1 Å². The van der Waals surface area contributed by atoms with Crippen LogP contribution in [0.25, 0.3) is 0 Å². The van der Waals surface area contributed by atoms with Crippen LogP contribution >= 0.6 is 0 Å². The van der Waals surface area contributed by atoms with Gasteiger partial charge >= 0.3 is 5.97 Å². The van der Waals surface area contributed by atoms with E-state index in [9.17, 15) is 14.0 Å². The fourth-order valence-electron chi connectivity index (χ4n) is 1.07. The quantitative estimate of drug-likeness (QED) is 0.782. The molecule has 5 heteroatoms. The molecule has 0 atom stereocenters. The van der Waals surface area contributed by atoms with E-state index in [0.717, 1.165) is 0 Å². The minimum absolute atomic E-state index is 0.142. The van der Waals surface area contributed by atoms with Crippen LogP contribution in [-0.4, -0.2) is 23.5 Å². The standard InChI is InChI=1S/C10H10FNO3/c1-6-3-2-4-7(9(6)11)10(15)12-5-8(13)14/h2-4H,5H2,1H3,(H,12,15)(H,13,14). The molecule has 0 aliphatic carbocycles. The minimum Gasteiger partial charge on any atom is -0.480 e. The van der Waals surface area contributed by atoms with Crippen LogP contribution in [0.2, 0.25) is 0 Å². The van der Waals surface area contributed by atoms with Crippen LogP contribution in [0.1, 0.15) is 15.9 Å². The third-order valence-corrected chi connectivity index (χ3v) is 1.84. The SMILES string of the molecule is Cc1cccc(C(=O)NCC(=O)O)c1F. The zero-order chi connectivity index (χ0) is 11.4. The lowest BCUT2D eigenvalue weighted by molar-refractivity contribution is -0.135. The predicted octanol–water partition coefficient (Wildman–Crippen LogP) is 0.949. The number of aryl methyl sites for hydroxylation is 1. The predicted molar refractivity (Wildman–Crippen MR) is 51.1 cm³/mol. The molecule has 0 fully saturated rings. The lowest BCUT2D eigenvalue weighted by atomic mass is 10.1. The van der Waals surface area contributed by atoms with Crippen molar-refractivity contribution in [3.8, 4) is 0 Å². The lowest BCUT2D eigenvalue weighted by Gasteiger charge is -2.05. The molecule has 1 aromatic carbocycles. The molecule has 2 N–H and O–H groups in total. The van der Waals surface area contributed by atoms with Gasteiger partial charge in [0.2, 0.25) is 0 Å². The molecular weight excluding hydrogens is 201 g/mol. The highest BCUT2D eigenvalue weighted by Crippen LogP contribution is 2.11. The van der Waals surface area contributed by atoms with E-state index in [1.54, 1.807) is 0 Å². The van der Waals surface area contributed by atoms with Gasteiger partial charge in [-0.25, -0.2) is 4.39 Å². The average Bonchev–Trinajstić information content (AvgIpc) is 2.18. The van der Waals surface area contributed by atoms with Crippen molar-refractivity contribution in [1.29, 1.82) is 0 Å². The second-order valence-corrected chi connectivity index (χ2v) is 3.01. The smallest absolute Gasteiger partial charge is 0.322 e. The van der Waals surface area contributed by atoms with E-state index in [1.807, 2.05) is 0 Å². The Morgan fingerprint density at radius 3 is 2.73 bits per heavy atom. The molecule has 1 rings (SSSR count). The Balaban J connectivity index is 2.82. The monoisotopic (exact) mass is 211 g/mol. The molecule has 0 saturated carbocycles. The van der Waals surface area contributed by atoms with E-state index in [4.69, 9.17) is 5.11 Å². The Morgan fingerprint density at radius 1 is 1.47 bits per heavy atom. The molecule has 80 valence electrons. The normalized spacial score (nSPS) is 9.73. The van der Waals surface area contributed by atoms with Crippen molar-refractivity contribution in [1.82, 2.24) is 5.32 Å². The molecule has 0 aliphatic heterocycles. The van der Waals surface area contributed by atoms with Crippen LogP contribution in [0, 0.1) is 12.7 Å². The van der Waals surface area contributed by atoms with Gasteiger partial charge in [0.1, 0.15) is 12.4 Å². The Kier molecular flexibility index (Phi) is 3.38. The number of carboxylic acids is 1. The first-order valence-electron chi connectivity index (χ1n) is 4.27. The molecule has 15 heavy (non-hydrogen) atoms. The highest BCUT2D eigenvalue weighted by Gasteiger charge is 2.13. The highest BCUT2D eigenvalue weighted by molar-refractivity contribution is 5.96. The number of hydrogen-bond donors (Lipinski definition) is 2. The van der Waals surface area contributed by atoms with E-state index in [1.165, 1.54) is 25.1 Å². The van der Waals surface area contributed by atoms with Crippen molar-refractivity contribution in [2.75, 3.05) is 6.54 Å². The van der Waals surface area contributed by atoms with Gasteiger partial charge in [0, 0.05) is 0 Å². The number of halogens is 1. The first kappa shape index (κ1) is 11.2. The Labute approximate surface area is 85.7 Å². The molecule has 0 aliphatic rings. The van der Waals surface area contributed by atoms with Gasteiger partial charge in [0.15, 0.2) is 0 Å². The fraction of sp³-hybridized carbons (Fsp3) is 0.200. The number of nitrogens with one attached hydrogen (secondary N) is 1. The summed E-state index contributed by atoms with van der Waals surface area (Å²) in [6.07, 6.45) is 0. The summed E-state index contributed by atoms with van der Waals surface area (Å²) in [6.45, 7) is 1.01.